The summed E-state index contributed by atoms with van der Waals surface area (Å²) in [6, 6.07) is 5.23. The molecular formula is C17H19F2N3O2. The second kappa shape index (κ2) is 7.72. The predicted octanol–water partition coefficient (Wildman–Crippen LogP) is 3.24. The summed E-state index contributed by atoms with van der Waals surface area (Å²) in [5.74, 6) is -0.838. The molecule has 7 heteroatoms. The molecule has 0 radical (unpaired) electrons. The fourth-order valence-corrected chi connectivity index (χ4v) is 2.18. The normalized spacial score (nSPS) is 11.7. The molecule has 1 heterocycles. The number of nitrogens with zero attached hydrogens (tertiary/aromatic N) is 1. The number of aryl methyl sites for hydroxylation is 1. The summed E-state index contributed by atoms with van der Waals surface area (Å²) in [7, 11) is 1.36. The fraction of sp³-hybridized carbons (Fsp3) is 0.294. The second-order valence-electron chi connectivity index (χ2n) is 5.33. The summed E-state index contributed by atoms with van der Waals surface area (Å²) in [6.07, 6.45) is 1.40. The van der Waals surface area contributed by atoms with Gasteiger partial charge in [-0.2, -0.15) is 0 Å². The average molecular weight is 335 g/mol. The number of halogens is 2. The number of urea groups is 1. The molecule has 0 aliphatic carbocycles. The highest BCUT2D eigenvalue weighted by Gasteiger charge is 2.13. The van der Waals surface area contributed by atoms with E-state index in [-0.39, 0.29) is 29.8 Å². The van der Waals surface area contributed by atoms with Gasteiger partial charge in [0, 0.05) is 12.3 Å². The maximum atomic E-state index is 13.9. The molecule has 0 aliphatic rings. The van der Waals surface area contributed by atoms with Crippen molar-refractivity contribution in [2.45, 2.75) is 26.4 Å². The molecule has 2 amide bonds. The highest BCUT2D eigenvalue weighted by molar-refractivity contribution is 5.74. The van der Waals surface area contributed by atoms with Crippen LogP contribution < -0.4 is 15.4 Å². The van der Waals surface area contributed by atoms with Crippen LogP contribution in [0.1, 0.15) is 29.8 Å². The first-order valence-corrected chi connectivity index (χ1v) is 7.40. The number of ether oxygens (including phenoxy) is 1. The Morgan fingerprint density at radius 2 is 2.08 bits per heavy atom. The number of nitrogens with one attached hydrogen (secondary N) is 2. The molecule has 0 saturated carbocycles. The van der Waals surface area contributed by atoms with E-state index in [1.165, 1.54) is 25.4 Å². The van der Waals surface area contributed by atoms with Gasteiger partial charge in [-0.25, -0.2) is 13.6 Å². The zero-order valence-corrected chi connectivity index (χ0v) is 13.7. The molecule has 2 aromatic rings. The van der Waals surface area contributed by atoms with Gasteiger partial charge in [-0.15, -0.1) is 0 Å². The lowest BCUT2D eigenvalue weighted by molar-refractivity contribution is 0.237. The Bertz CT molecular complexity index is 738. The van der Waals surface area contributed by atoms with E-state index >= 15 is 0 Å². The van der Waals surface area contributed by atoms with Gasteiger partial charge in [-0.3, -0.25) is 4.98 Å². The van der Waals surface area contributed by atoms with Crippen LogP contribution in [0.5, 0.6) is 5.75 Å². The molecule has 24 heavy (non-hydrogen) atoms. The molecule has 5 nitrogen and oxygen atoms in total. The summed E-state index contributed by atoms with van der Waals surface area (Å²) < 4.78 is 32.1. The van der Waals surface area contributed by atoms with Crippen LogP contribution >= 0.6 is 0 Å². The van der Waals surface area contributed by atoms with Gasteiger partial charge < -0.3 is 15.4 Å². The Hall–Kier alpha value is -2.70. The standard InChI is InChI=1S/C17H19F2N3O2/c1-10-8-12(4-5-13(10)18)11(2)22-17(23)21-9-14-16(19)15(24-3)6-7-20-14/h4-8,11H,9H2,1-3H3,(H2,21,22,23)/t11-/m1/s1. The number of pyridine rings is 1. The molecule has 0 fully saturated rings. The highest BCUT2D eigenvalue weighted by atomic mass is 19.1. The minimum atomic E-state index is -0.609. The Labute approximate surface area is 139 Å². The van der Waals surface area contributed by atoms with Crippen LogP contribution in [0, 0.1) is 18.6 Å². The number of methoxy groups -OCH3 is 1. The molecule has 0 aliphatic heterocycles. The van der Waals surface area contributed by atoms with Crippen molar-refractivity contribution in [1.29, 1.82) is 0 Å². The van der Waals surface area contributed by atoms with Crippen molar-refractivity contribution in [3.05, 3.63) is 58.9 Å². The smallest absolute Gasteiger partial charge is 0.315 e. The zero-order chi connectivity index (χ0) is 17.7. The number of benzene rings is 1. The average Bonchev–Trinajstić information content (AvgIpc) is 2.56. The van der Waals surface area contributed by atoms with E-state index in [4.69, 9.17) is 4.74 Å². The first-order chi connectivity index (χ1) is 11.4. The van der Waals surface area contributed by atoms with E-state index in [1.807, 2.05) is 0 Å². The summed E-state index contributed by atoms with van der Waals surface area (Å²) in [4.78, 5) is 15.8. The number of rotatable bonds is 5. The van der Waals surface area contributed by atoms with Crippen molar-refractivity contribution >= 4 is 6.03 Å². The highest BCUT2D eigenvalue weighted by Crippen LogP contribution is 2.18. The number of hydrogen-bond donors (Lipinski definition) is 2. The van der Waals surface area contributed by atoms with Crippen molar-refractivity contribution in [3.8, 4) is 5.75 Å². The van der Waals surface area contributed by atoms with Gasteiger partial charge in [0.25, 0.3) is 0 Å². The van der Waals surface area contributed by atoms with Crippen LogP contribution in [0.2, 0.25) is 0 Å². The second-order valence-corrected chi connectivity index (χ2v) is 5.33. The monoisotopic (exact) mass is 335 g/mol. The van der Waals surface area contributed by atoms with Gasteiger partial charge in [-0.05, 0) is 31.0 Å². The molecule has 0 spiro atoms. The van der Waals surface area contributed by atoms with E-state index < -0.39 is 11.8 Å². The Balaban J connectivity index is 1.94. The summed E-state index contributed by atoms with van der Waals surface area (Å²) in [5.41, 5.74) is 1.36. The van der Waals surface area contributed by atoms with Crippen LogP contribution in [0.25, 0.3) is 0 Å². The van der Waals surface area contributed by atoms with E-state index in [9.17, 15) is 13.6 Å². The summed E-state index contributed by atoms with van der Waals surface area (Å²) >= 11 is 0. The van der Waals surface area contributed by atoms with E-state index in [0.717, 1.165) is 5.56 Å². The van der Waals surface area contributed by atoms with Crippen molar-refractivity contribution < 1.29 is 18.3 Å². The minimum Gasteiger partial charge on any atom is -0.494 e. The molecule has 0 saturated heterocycles. The third-order valence-corrected chi connectivity index (χ3v) is 3.59. The van der Waals surface area contributed by atoms with Gasteiger partial charge in [0.1, 0.15) is 5.82 Å². The Kier molecular flexibility index (Phi) is 5.68. The maximum Gasteiger partial charge on any atom is 0.315 e. The van der Waals surface area contributed by atoms with Crippen LogP contribution in [-0.2, 0) is 6.54 Å². The third-order valence-electron chi connectivity index (χ3n) is 3.59. The zero-order valence-electron chi connectivity index (χ0n) is 13.7. The number of carbonyl (C=O) groups excluding carboxylic acids is 1. The van der Waals surface area contributed by atoms with Gasteiger partial charge in [-0.1, -0.05) is 12.1 Å². The van der Waals surface area contributed by atoms with E-state index in [1.54, 1.807) is 26.0 Å². The molecule has 2 N–H and O–H groups in total. The molecular weight excluding hydrogens is 316 g/mol. The fourth-order valence-electron chi connectivity index (χ4n) is 2.18. The summed E-state index contributed by atoms with van der Waals surface area (Å²) in [6.45, 7) is 3.35. The van der Waals surface area contributed by atoms with Gasteiger partial charge in [0.05, 0.1) is 25.4 Å². The lowest BCUT2D eigenvalue weighted by atomic mass is 10.1. The van der Waals surface area contributed by atoms with Crippen LogP contribution in [-0.4, -0.2) is 18.1 Å². The molecule has 1 aromatic heterocycles. The molecule has 0 bridgehead atoms. The van der Waals surface area contributed by atoms with Crippen molar-refractivity contribution in [3.63, 3.8) is 0 Å². The molecule has 0 unspecified atom stereocenters. The maximum absolute atomic E-state index is 13.9. The van der Waals surface area contributed by atoms with Crippen molar-refractivity contribution in [1.82, 2.24) is 15.6 Å². The van der Waals surface area contributed by atoms with Crippen LogP contribution in [0.3, 0.4) is 0 Å². The minimum absolute atomic E-state index is 0.0670. The Morgan fingerprint density at radius 1 is 1.33 bits per heavy atom. The molecule has 2 rings (SSSR count). The van der Waals surface area contributed by atoms with Gasteiger partial charge in [0.15, 0.2) is 11.6 Å². The van der Waals surface area contributed by atoms with Crippen LogP contribution in [0.15, 0.2) is 30.5 Å². The van der Waals surface area contributed by atoms with Gasteiger partial charge >= 0.3 is 6.03 Å². The number of carbonyl (C=O) groups is 1. The lowest BCUT2D eigenvalue weighted by Gasteiger charge is -2.16. The van der Waals surface area contributed by atoms with Crippen molar-refractivity contribution in [2.75, 3.05) is 7.11 Å². The molecule has 1 atom stereocenters. The topological polar surface area (TPSA) is 63.2 Å². The van der Waals surface area contributed by atoms with Crippen LogP contribution in [0.4, 0.5) is 13.6 Å². The van der Waals surface area contributed by atoms with E-state index in [2.05, 4.69) is 15.6 Å². The van der Waals surface area contributed by atoms with E-state index in [0.29, 0.717) is 5.56 Å². The SMILES string of the molecule is COc1ccnc(CNC(=O)N[C@H](C)c2ccc(F)c(C)c2)c1F. The first kappa shape index (κ1) is 17.7. The quantitative estimate of drug-likeness (QED) is 0.882. The third kappa shape index (κ3) is 4.18. The summed E-state index contributed by atoms with van der Waals surface area (Å²) in [5, 5.41) is 5.24. The predicted molar refractivity (Wildman–Crippen MR) is 85.7 cm³/mol. The molecule has 1 aromatic carbocycles. The van der Waals surface area contributed by atoms with Crippen molar-refractivity contribution in [2.24, 2.45) is 0 Å². The lowest BCUT2D eigenvalue weighted by Crippen LogP contribution is -2.37. The number of amides is 2. The molecule has 128 valence electrons. The van der Waals surface area contributed by atoms with Gasteiger partial charge in [0.2, 0.25) is 0 Å². The first-order valence-electron chi connectivity index (χ1n) is 7.40. The largest absolute Gasteiger partial charge is 0.494 e. The Morgan fingerprint density at radius 3 is 2.75 bits per heavy atom. The number of aromatic nitrogens is 1. The number of hydrogen-bond acceptors (Lipinski definition) is 3.